The quantitative estimate of drug-likeness (QED) is 0.912. The van der Waals surface area contributed by atoms with Crippen molar-refractivity contribution in [3.05, 3.63) is 28.8 Å². The highest BCUT2D eigenvalue weighted by Crippen LogP contribution is 2.23. The molecule has 2 rings (SSSR count). The lowest BCUT2D eigenvalue weighted by Crippen LogP contribution is -2.29. The second-order valence-corrected chi connectivity index (χ2v) is 5.46. The Morgan fingerprint density at radius 3 is 2.83 bits per heavy atom. The number of nitrogens with zero attached hydrogens (tertiary/aromatic N) is 1. The van der Waals surface area contributed by atoms with Gasteiger partial charge in [-0.25, -0.2) is 0 Å². The van der Waals surface area contributed by atoms with E-state index in [9.17, 15) is 5.11 Å². The molecule has 1 heterocycles. The van der Waals surface area contributed by atoms with E-state index in [4.69, 9.17) is 16.3 Å². The first-order valence-corrected chi connectivity index (χ1v) is 6.76. The molecule has 3 nitrogen and oxygen atoms in total. The van der Waals surface area contributed by atoms with E-state index in [1.165, 1.54) is 0 Å². The maximum atomic E-state index is 9.78. The van der Waals surface area contributed by atoms with Crippen molar-refractivity contribution < 1.29 is 9.84 Å². The number of aromatic hydroxyl groups is 1. The van der Waals surface area contributed by atoms with Crippen LogP contribution in [0.15, 0.2) is 18.2 Å². The molecule has 1 fully saturated rings. The van der Waals surface area contributed by atoms with Crippen molar-refractivity contribution in [1.82, 2.24) is 4.90 Å². The molecule has 0 atom stereocenters. The van der Waals surface area contributed by atoms with Crippen LogP contribution in [0.3, 0.4) is 0 Å². The van der Waals surface area contributed by atoms with Crippen molar-refractivity contribution in [3.63, 3.8) is 0 Å². The molecular formula is C14H20ClNO2. The van der Waals surface area contributed by atoms with Crippen LogP contribution in [0.5, 0.6) is 5.75 Å². The molecule has 100 valence electrons. The normalized spacial score (nSPS) is 17.3. The number of phenolic OH excluding ortho intramolecular Hbond substituents is 1. The first-order valence-electron chi connectivity index (χ1n) is 6.39. The van der Waals surface area contributed by atoms with Crippen LogP contribution >= 0.6 is 11.6 Å². The molecular weight excluding hydrogens is 250 g/mol. The molecule has 1 aromatic rings. The van der Waals surface area contributed by atoms with Gasteiger partial charge in [0.1, 0.15) is 5.75 Å². The van der Waals surface area contributed by atoms with E-state index in [0.29, 0.717) is 16.7 Å². The van der Waals surface area contributed by atoms with Gasteiger partial charge in [0.25, 0.3) is 0 Å². The first-order chi connectivity index (χ1) is 8.65. The fourth-order valence-corrected chi connectivity index (χ4v) is 2.60. The van der Waals surface area contributed by atoms with Gasteiger partial charge >= 0.3 is 0 Å². The van der Waals surface area contributed by atoms with E-state index in [0.717, 1.165) is 44.7 Å². The lowest BCUT2D eigenvalue weighted by atomic mass is 9.99. The van der Waals surface area contributed by atoms with Crippen LogP contribution in [0.25, 0.3) is 0 Å². The van der Waals surface area contributed by atoms with Gasteiger partial charge in [-0.15, -0.1) is 0 Å². The van der Waals surface area contributed by atoms with Crippen LogP contribution < -0.4 is 0 Å². The van der Waals surface area contributed by atoms with E-state index in [1.807, 2.05) is 6.07 Å². The van der Waals surface area contributed by atoms with E-state index in [2.05, 4.69) is 11.9 Å². The zero-order valence-electron chi connectivity index (χ0n) is 10.7. The Morgan fingerprint density at radius 1 is 1.39 bits per heavy atom. The van der Waals surface area contributed by atoms with Crippen LogP contribution in [0.4, 0.5) is 0 Å². The predicted molar refractivity (Wildman–Crippen MR) is 73.0 cm³/mol. The summed E-state index contributed by atoms with van der Waals surface area (Å²) in [4.78, 5) is 2.24. The molecule has 1 aromatic carbocycles. The summed E-state index contributed by atoms with van der Waals surface area (Å²) in [5.74, 6) is 1.02. The molecule has 0 unspecified atom stereocenters. The molecule has 0 spiro atoms. The van der Waals surface area contributed by atoms with Crippen LogP contribution in [-0.4, -0.2) is 36.8 Å². The van der Waals surface area contributed by atoms with Crippen LogP contribution in [-0.2, 0) is 11.3 Å². The van der Waals surface area contributed by atoms with Gasteiger partial charge in [0, 0.05) is 36.9 Å². The Morgan fingerprint density at radius 2 is 2.11 bits per heavy atom. The summed E-state index contributed by atoms with van der Waals surface area (Å²) >= 11 is 5.95. The fraction of sp³-hybridized carbons (Fsp3) is 0.571. The Balaban J connectivity index is 1.89. The molecule has 4 heteroatoms. The molecule has 1 aliphatic heterocycles. The third-order valence-electron chi connectivity index (χ3n) is 3.39. The molecule has 18 heavy (non-hydrogen) atoms. The molecule has 1 N–H and O–H groups in total. The van der Waals surface area contributed by atoms with Crippen LogP contribution in [0, 0.1) is 5.92 Å². The Kier molecular flexibility index (Phi) is 4.87. The van der Waals surface area contributed by atoms with E-state index >= 15 is 0 Å². The summed E-state index contributed by atoms with van der Waals surface area (Å²) in [7, 11) is 2.08. The maximum Gasteiger partial charge on any atom is 0.120 e. The molecule has 0 amide bonds. The summed E-state index contributed by atoms with van der Waals surface area (Å²) < 4.78 is 5.36. The van der Waals surface area contributed by atoms with Gasteiger partial charge in [0.05, 0.1) is 0 Å². The molecule has 0 saturated carbocycles. The second kappa shape index (κ2) is 6.41. The highest BCUT2D eigenvalue weighted by Gasteiger charge is 2.16. The molecule has 0 aliphatic carbocycles. The molecule has 1 saturated heterocycles. The lowest BCUT2D eigenvalue weighted by molar-refractivity contribution is 0.0549. The number of ether oxygens (including phenoxy) is 1. The zero-order chi connectivity index (χ0) is 13.0. The number of benzene rings is 1. The first kappa shape index (κ1) is 13.7. The highest BCUT2D eigenvalue weighted by atomic mass is 35.5. The Hall–Kier alpha value is -0.770. The molecule has 0 radical (unpaired) electrons. The molecule has 0 bridgehead atoms. The monoisotopic (exact) mass is 269 g/mol. The average Bonchev–Trinajstić information content (AvgIpc) is 2.35. The summed E-state index contributed by atoms with van der Waals surface area (Å²) in [6.45, 7) is 3.51. The van der Waals surface area contributed by atoms with Crippen molar-refractivity contribution >= 4 is 11.6 Å². The molecule has 0 aromatic heterocycles. The van der Waals surface area contributed by atoms with Crippen molar-refractivity contribution in [2.24, 2.45) is 5.92 Å². The second-order valence-electron chi connectivity index (χ2n) is 5.03. The van der Waals surface area contributed by atoms with Crippen LogP contribution in [0.1, 0.15) is 18.4 Å². The van der Waals surface area contributed by atoms with E-state index in [1.54, 1.807) is 12.1 Å². The lowest BCUT2D eigenvalue weighted by Gasteiger charge is -2.27. The van der Waals surface area contributed by atoms with Crippen LogP contribution in [0.2, 0.25) is 5.02 Å². The SMILES string of the molecule is CN(Cc1cc(Cl)ccc1O)CC1CCOCC1. The standard InChI is InChI=1S/C14H20ClNO2/c1-16(9-11-4-6-18-7-5-11)10-12-8-13(15)2-3-14(12)17/h2-3,8,11,17H,4-7,9-10H2,1H3. The van der Waals surface area contributed by atoms with Gasteiger partial charge in [-0.2, -0.15) is 0 Å². The third kappa shape index (κ3) is 3.87. The number of hydrogen-bond acceptors (Lipinski definition) is 3. The smallest absolute Gasteiger partial charge is 0.120 e. The number of phenols is 1. The Bertz CT molecular complexity index is 391. The van der Waals surface area contributed by atoms with Gasteiger partial charge in [-0.1, -0.05) is 11.6 Å². The number of rotatable bonds is 4. The van der Waals surface area contributed by atoms with Crippen molar-refractivity contribution in [2.75, 3.05) is 26.8 Å². The summed E-state index contributed by atoms with van der Waals surface area (Å²) in [6.07, 6.45) is 2.26. The van der Waals surface area contributed by atoms with Crippen molar-refractivity contribution in [3.8, 4) is 5.75 Å². The topological polar surface area (TPSA) is 32.7 Å². The predicted octanol–water partition coefficient (Wildman–Crippen LogP) is 2.90. The minimum atomic E-state index is 0.318. The van der Waals surface area contributed by atoms with E-state index < -0.39 is 0 Å². The van der Waals surface area contributed by atoms with Crippen molar-refractivity contribution in [2.45, 2.75) is 19.4 Å². The van der Waals surface area contributed by atoms with Gasteiger partial charge in [-0.05, 0) is 44.0 Å². The van der Waals surface area contributed by atoms with Gasteiger partial charge in [0.15, 0.2) is 0 Å². The minimum absolute atomic E-state index is 0.318. The van der Waals surface area contributed by atoms with Crippen molar-refractivity contribution in [1.29, 1.82) is 0 Å². The molecule has 1 aliphatic rings. The van der Waals surface area contributed by atoms with Gasteiger partial charge in [0.2, 0.25) is 0 Å². The fourth-order valence-electron chi connectivity index (χ4n) is 2.41. The summed E-state index contributed by atoms with van der Waals surface area (Å²) in [5.41, 5.74) is 0.886. The third-order valence-corrected chi connectivity index (χ3v) is 3.63. The summed E-state index contributed by atoms with van der Waals surface area (Å²) in [5, 5.41) is 10.5. The summed E-state index contributed by atoms with van der Waals surface area (Å²) in [6, 6.07) is 5.19. The maximum absolute atomic E-state index is 9.78. The highest BCUT2D eigenvalue weighted by molar-refractivity contribution is 6.30. The van der Waals surface area contributed by atoms with E-state index in [-0.39, 0.29) is 0 Å². The average molecular weight is 270 g/mol. The zero-order valence-corrected chi connectivity index (χ0v) is 11.5. The largest absolute Gasteiger partial charge is 0.508 e. The van der Waals surface area contributed by atoms with Gasteiger partial charge < -0.3 is 14.7 Å². The Labute approximate surface area is 113 Å². The minimum Gasteiger partial charge on any atom is -0.508 e. The number of hydrogen-bond donors (Lipinski definition) is 1. The number of halogens is 1. The van der Waals surface area contributed by atoms with Gasteiger partial charge in [-0.3, -0.25) is 0 Å².